The summed E-state index contributed by atoms with van der Waals surface area (Å²) in [4.78, 5) is 21.9. The topological polar surface area (TPSA) is 52.6 Å². The molecule has 0 unspecified atom stereocenters. The molecule has 1 aromatic rings. The number of rotatable bonds is 2. The van der Waals surface area contributed by atoms with Gasteiger partial charge in [-0.3, -0.25) is 9.59 Å². The first-order chi connectivity index (χ1) is 7.59. The van der Waals surface area contributed by atoms with Gasteiger partial charge in [0.25, 0.3) is 0 Å². The van der Waals surface area contributed by atoms with Crippen molar-refractivity contribution >= 4 is 11.9 Å². The van der Waals surface area contributed by atoms with Crippen molar-refractivity contribution < 1.29 is 19.1 Å². The van der Waals surface area contributed by atoms with Gasteiger partial charge < -0.3 is 9.47 Å². The van der Waals surface area contributed by atoms with Crippen LogP contribution in [-0.2, 0) is 19.1 Å². The third-order valence-electron chi connectivity index (χ3n) is 2.47. The lowest BCUT2D eigenvalue weighted by Gasteiger charge is -2.37. The molecule has 1 aliphatic rings. The highest BCUT2D eigenvalue weighted by Gasteiger charge is 2.42. The van der Waals surface area contributed by atoms with E-state index in [0.29, 0.717) is 0 Å². The zero-order valence-electron chi connectivity index (χ0n) is 9.10. The van der Waals surface area contributed by atoms with Gasteiger partial charge in [-0.2, -0.15) is 0 Å². The van der Waals surface area contributed by atoms with Crippen LogP contribution >= 0.6 is 0 Å². The minimum Gasteiger partial charge on any atom is -0.453 e. The number of hydrogen-bond donors (Lipinski definition) is 0. The summed E-state index contributed by atoms with van der Waals surface area (Å²) in [6, 6.07) is 7.45. The van der Waals surface area contributed by atoms with Crippen molar-refractivity contribution in [3.63, 3.8) is 0 Å². The van der Waals surface area contributed by atoms with Crippen molar-refractivity contribution in [2.45, 2.75) is 26.1 Å². The molecule has 0 saturated carbocycles. The summed E-state index contributed by atoms with van der Waals surface area (Å²) in [5.74, 6) is -0.756. The van der Waals surface area contributed by atoms with Gasteiger partial charge in [0, 0.05) is 25.0 Å². The molecule has 4 nitrogen and oxygen atoms in total. The summed E-state index contributed by atoms with van der Waals surface area (Å²) in [6.45, 7) is 2.68. The lowest BCUT2D eigenvalue weighted by molar-refractivity contribution is -0.171. The minimum absolute atomic E-state index is 0.378. The first kappa shape index (κ1) is 10.7. The summed E-state index contributed by atoms with van der Waals surface area (Å²) in [7, 11) is 0. The number of ether oxygens (including phenoxy) is 2. The van der Waals surface area contributed by atoms with Crippen LogP contribution in [0.3, 0.4) is 0 Å². The van der Waals surface area contributed by atoms with Gasteiger partial charge in [-0.05, 0) is 0 Å². The van der Waals surface area contributed by atoms with E-state index in [-0.39, 0.29) is 11.9 Å². The average molecular weight is 220 g/mol. The molecule has 0 spiro atoms. The molecule has 0 saturated heterocycles. The molecule has 0 N–H and O–H groups in total. The van der Waals surface area contributed by atoms with Crippen molar-refractivity contribution in [2.24, 2.45) is 0 Å². The zero-order chi connectivity index (χ0) is 11.7. The molecular weight excluding hydrogens is 208 g/mol. The number of fused-ring (bicyclic) bond motifs is 1. The quantitative estimate of drug-likeness (QED) is 0.714. The predicted octanol–water partition coefficient (Wildman–Crippen LogP) is 1.91. The second kappa shape index (κ2) is 3.96. The van der Waals surface area contributed by atoms with Gasteiger partial charge in [0.15, 0.2) is 12.2 Å². The van der Waals surface area contributed by atoms with Crippen LogP contribution < -0.4 is 0 Å². The zero-order valence-corrected chi connectivity index (χ0v) is 9.10. The van der Waals surface area contributed by atoms with Crippen LogP contribution in [-0.4, -0.2) is 11.9 Å². The van der Waals surface area contributed by atoms with E-state index in [1.807, 2.05) is 24.3 Å². The van der Waals surface area contributed by atoms with Gasteiger partial charge in [-0.15, -0.1) is 0 Å². The van der Waals surface area contributed by atoms with E-state index < -0.39 is 12.2 Å². The maximum Gasteiger partial charge on any atom is 0.303 e. The predicted molar refractivity (Wildman–Crippen MR) is 55.5 cm³/mol. The van der Waals surface area contributed by atoms with E-state index in [2.05, 4.69) is 0 Å². The molecule has 16 heavy (non-hydrogen) atoms. The van der Waals surface area contributed by atoms with Crippen molar-refractivity contribution in [2.75, 3.05) is 0 Å². The van der Waals surface area contributed by atoms with E-state index in [1.165, 1.54) is 13.8 Å². The summed E-state index contributed by atoms with van der Waals surface area (Å²) in [6.07, 6.45) is -0.921. The van der Waals surface area contributed by atoms with Crippen LogP contribution in [0.15, 0.2) is 24.3 Å². The third kappa shape index (κ3) is 1.78. The molecule has 4 heteroatoms. The molecular formula is C12H12O4. The van der Waals surface area contributed by atoms with Crippen molar-refractivity contribution in [1.82, 2.24) is 0 Å². The fourth-order valence-electron chi connectivity index (χ4n) is 1.87. The highest BCUT2D eigenvalue weighted by Crippen LogP contribution is 2.47. The third-order valence-corrected chi connectivity index (χ3v) is 2.47. The van der Waals surface area contributed by atoms with Gasteiger partial charge in [0.2, 0.25) is 0 Å². The van der Waals surface area contributed by atoms with Crippen LogP contribution in [0.5, 0.6) is 0 Å². The van der Waals surface area contributed by atoms with Crippen LogP contribution in [0.25, 0.3) is 0 Å². The highest BCUT2D eigenvalue weighted by molar-refractivity contribution is 5.69. The van der Waals surface area contributed by atoms with Crippen molar-refractivity contribution in [3.05, 3.63) is 35.4 Å². The van der Waals surface area contributed by atoms with Crippen molar-refractivity contribution in [1.29, 1.82) is 0 Å². The molecule has 0 fully saturated rings. The molecule has 0 amide bonds. The Labute approximate surface area is 93.2 Å². The van der Waals surface area contributed by atoms with Crippen LogP contribution in [0.4, 0.5) is 0 Å². The Balaban J connectivity index is 2.23. The Bertz CT molecular complexity index is 397. The van der Waals surface area contributed by atoms with Crippen LogP contribution in [0.2, 0.25) is 0 Å². The Hall–Kier alpha value is -1.84. The largest absolute Gasteiger partial charge is 0.453 e. The Morgan fingerprint density at radius 1 is 0.938 bits per heavy atom. The van der Waals surface area contributed by atoms with Gasteiger partial charge in [0.05, 0.1) is 0 Å². The van der Waals surface area contributed by atoms with Gasteiger partial charge in [-0.25, -0.2) is 0 Å². The molecule has 0 aliphatic heterocycles. The number of carbonyl (C=O) groups excluding carboxylic acids is 2. The summed E-state index contributed by atoms with van der Waals surface area (Å²) >= 11 is 0. The standard InChI is InChI=1S/C12H12O4/c1-7(13)15-11-9-5-3-4-6-10(9)12(11)16-8(2)14/h3-6,11-12H,1-2H3/t11-,12-/m1/s1. The highest BCUT2D eigenvalue weighted by atomic mass is 16.6. The summed E-state index contributed by atoms with van der Waals surface area (Å²) in [5.41, 5.74) is 1.81. The molecule has 2 rings (SSSR count). The Morgan fingerprint density at radius 3 is 1.62 bits per heavy atom. The average Bonchev–Trinajstić information content (AvgIpc) is 2.23. The first-order valence-electron chi connectivity index (χ1n) is 5.03. The molecule has 1 aromatic carbocycles. The number of hydrogen-bond acceptors (Lipinski definition) is 4. The van der Waals surface area contributed by atoms with Crippen LogP contribution in [0.1, 0.15) is 37.2 Å². The van der Waals surface area contributed by atoms with Crippen molar-refractivity contribution in [3.8, 4) is 0 Å². The number of esters is 2. The summed E-state index contributed by atoms with van der Waals surface area (Å²) < 4.78 is 10.2. The number of carbonyl (C=O) groups is 2. The molecule has 1 aliphatic carbocycles. The Morgan fingerprint density at radius 2 is 1.31 bits per heavy atom. The fourth-order valence-corrected chi connectivity index (χ4v) is 1.87. The van der Waals surface area contributed by atoms with Crippen LogP contribution in [0, 0.1) is 0 Å². The lowest BCUT2D eigenvalue weighted by Crippen LogP contribution is -2.31. The Kier molecular flexibility index (Phi) is 2.64. The molecule has 0 bridgehead atoms. The minimum atomic E-state index is -0.461. The van der Waals surface area contributed by atoms with E-state index in [0.717, 1.165) is 11.1 Å². The van der Waals surface area contributed by atoms with E-state index in [4.69, 9.17) is 9.47 Å². The molecule has 0 aromatic heterocycles. The molecule has 2 atom stereocenters. The molecule has 84 valence electrons. The lowest BCUT2D eigenvalue weighted by atomic mass is 9.82. The fraction of sp³-hybridized carbons (Fsp3) is 0.333. The van der Waals surface area contributed by atoms with E-state index >= 15 is 0 Å². The molecule has 0 radical (unpaired) electrons. The molecule has 0 heterocycles. The van der Waals surface area contributed by atoms with E-state index in [9.17, 15) is 9.59 Å². The maximum atomic E-state index is 10.9. The van der Waals surface area contributed by atoms with Gasteiger partial charge in [-0.1, -0.05) is 24.3 Å². The van der Waals surface area contributed by atoms with E-state index in [1.54, 1.807) is 0 Å². The smallest absolute Gasteiger partial charge is 0.303 e. The number of benzene rings is 1. The first-order valence-corrected chi connectivity index (χ1v) is 5.03. The SMILES string of the molecule is CC(=O)O[C@@H]1c2ccccc2[C@H]1OC(C)=O. The maximum absolute atomic E-state index is 10.9. The monoisotopic (exact) mass is 220 g/mol. The van der Waals surface area contributed by atoms with Gasteiger partial charge in [0.1, 0.15) is 0 Å². The second-order valence-corrected chi connectivity index (χ2v) is 3.69. The van der Waals surface area contributed by atoms with Gasteiger partial charge >= 0.3 is 11.9 Å². The normalized spacial score (nSPS) is 21.6. The summed E-state index contributed by atoms with van der Waals surface area (Å²) in [5, 5.41) is 0. The second-order valence-electron chi connectivity index (χ2n) is 3.69.